The normalized spacial score (nSPS) is 14.6. The van der Waals surface area contributed by atoms with Crippen LogP contribution in [0.3, 0.4) is 0 Å². The molecule has 0 amide bonds. The third-order valence-corrected chi connectivity index (χ3v) is 3.76. The number of carbonyl (C=O) groups is 1. The van der Waals surface area contributed by atoms with Gasteiger partial charge in [0, 0.05) is 0 Å². The van der Waals surface area contributed by atoms with E-state index in [1.165, 1.54) is 21.3 Å². The smallest absolute Gasteiger partial charge is 0.363 e. The lowest BCUT2D eigenvalue weighted by Crippen LogP contribution is -2.13. The number of hydrogen-bond donors (Lipinski definition) is 0. The van der Waals surface area contributed by atoms with Crippen LogP contribution in [0.4, 0.5) is 0 Å². The summed E-state index contributed by atoms with van der Waals surface area (Å²) in [6, 6.07) is 12.7. The number of carbonyl (C=O) groups excluding carboxylic acids is 1. The number of cyclic esters (lactones) is 1. The molecule has 0 fully saturated rings. The quantitative estimate of drug-likeness (QED) is 0.551. The van der Waals surface area contributed by atoms with Gasteiger partial charge in [0.05, 0.1) is 21.3 Å². The van der Waals surface area contributed by atoms with Gasteiger partial charge in [0.2, 0.25) is 11.6 Å². The summed E-state index contributed by atoms with van der Waals surface area (Å²) in [6.45, 7) is 0.0579. The molecule has 0 spiro atoms. The summed E-state index contributed by atoms with van der Waals surface area (Å²) in [5.41, 5.74) is 0.821. The Kier molecular flexibility index (Phi) is 5.61. The molecule has 0 saturated carbocycles. The average molecular weight is 369 g/mol. The fourth-order valence-electron chi connectivity index (χ4n) is 2.52. The van der Waals surface area contributed by atoms with Crippen molar-refractivity contribution in [2.75, 3.05) is 27.9 Å². The molecule has 0 unspecified atom stereocenters. The van der Waals surface area contributed by atoms with E-state index < -0.39 is 5.97 Å². The van der Waals surface area contributed by atoms with E-state index in [0.717, 1.165) is 0 Å². The van der Waals surface area contributed by atoms with Crippen LogP contribution in [0.2, 0.25) is 0 Å². The van der Waals surface area contributed by atoms with E-state index in [4.69, 9.17) is 23.7 Å². The lowest BCUT2D eigenvalue weighted by Gasteiger charge is -2.12. The molecule has 1 aliphatic heterocycles. The highest BCUT2D eigenvalue weighted by atomic mass is 16.6. The zero-order valence-electron chi connectivity index (χ0n) is 15.2. The topological polar surface area (TPSA) is 75.6 Å². The van der Waals surface area contributed by atoms with Crippen LogP contribution >= 0.6 is 0 Å². The van der Waals surface area contributed by atoms with Crippen molar-refractivity contribution in [3.63, 3.8) is 0 Å². The largest absolute Gasteiger partial charge is 0.493 e. The van der Waals surface area contributed by atoms with Crippen LogP contribution in [0.25, 0.3) is 6.08 Å². The van der Waals surface area contributed by atoms with E-state index in [9.17, 15) is 4.79 Å². The molecule has 0 aliphatic carbocycles. The molecular weight excluding hydrogens is 350 g/mol. The van der Waals surface area contributed by atoms with E-state index in [2.05, 4.69) is 4.99 Å². The van der Waals surface area contributed by atoms with Gasteiger partial charge >= 0.3 is 5.97 Å². The van der Waals surface area contributed by atoms with Gasteiger partial charge in [-0.3, -0.25) is 0 Å². The number of rotatable bonds is 7. The maximum atomic E-state index is 12.1. The number of aliphatic imine (C=N–C) groups is 1. The molecule has 0 N–H and O–H groups in total. The molecule has 0 atom stereocenters. The summed E-state index contributed by atoms with van der Waals surface area (Å²) in [5.74, 6) is 1.74. The van der Waals surface area contributed by atoms with Gasteiger partial charge in [-0.15, -0.1) is 0 Å². The van der Waals surface area contributed by atoms with Gasteiger partial charge in [-0.2, -0.15) is 0 Å². The van der Waals surface area contributed by atoms with Crippen LogP contribution < -0.4 is 18.9 Å². The fraction of sp³-hybridized carbons (Fsp3) is 0.200. The molecule has 140 valence electrons. The van der Waals surface area contributed by atoms with Gasteiger partial charge in [0.15, 0.2) is 23.8 Å². The molecule has 1 aliphatic rings. The van der Waals surface area contributed by atoms with Crippen LogP contribution in [0, 0.1) is 0 Å². The second-order valence-corrected chi connectivity index (χ2v) is 5.49. The van der Waals surface area contributed by atoms with Crippen LogP contribution in [0.15, 0.2) is 53.2 Å². The van der Waals surface area contributed by atoms with Gasteiger partial charge in [-0.05, 0) is 35.9 Å². The number of esters is 1. The summed E-state index contributed by atoms with van der Waals surface area (Å²) >= 11 is 0. The highest BCUT2D eigenvalue weighted by molar-refractivity contribution is 6.07. The zero-order valence-corrected chi connectivity index (χ0v) is 15.2. The predicted molar refractivity (Wildman–Crippen MR) is 99.5 cm³/mol. The third kappa shape index (κ3) is 4.20. The minimum absolute atomic E-state index is 0.0579. The van der Waals surface area contributed by atoms with E-state index in [1.54, 1.807) is 18.2 Å². The van der Waals surface area contributed by atoms with E-state index >= 15 is 0 Å². The van der Waals surface area contributed by atoms with Crippen molar-refractivity contribution in [1.29, 1.82) is 0 Å². The van der Waals surface area contributed by atoms with Crippen molar-refractivity contribution < 1.29 is 28.5 Å². The van der Waals surface area contributed by atoms with Crippen molar-refractivity contribution in [1.82, 2.24) is 0 Å². The Morgan fingerprint density at radius 2 is 1.67 bits per heavy atom. The number of benzene rings is 2. The summed E-state index contributed by atoms with van der Waals surface area (Å²) < 4.78 is 26.6. The van der Waals surface area contributed by atoms with Gasteiger partial charge in [-0.1, -0.05) is 18.2 Å². The molecular formula is C20H19NO6. The molecule has 3 rings (SSSR count). The molecule has 27 heavy (non-hydrogen) atoms. The van der Waals surface area contributed by atoms with Crippen molar-refractivity contribution in [2.24, 2.45) is 4.99 Å². The highest BCUT2D eigenvalue weighted by Crippen LogP contribution is 2.38. The Morgan fingerprint density at radius 3 is 2.26 bits per heavy atom. The van der Waals surface area contributed by atoms with Crippen LogP contribution in [-0.4, -0.2) is 39.8 Å². The lowest BCUT2D eigenvalue weighted by atomic mass is 10.1. The van der Waals surface area contributed by atoms with Crippen LogP contribution in [-0.2, 0) is 9.53 Å². The average Bonchev–Trinajstić information content (AvgIpc) is 3.05. The maximum absolute atomic E-state index is 12.1. The maximum Gasteiger partial charge on any atom is 0.363 e. The number of ether oxygens (including phenoxy) is 5. The Morgan fingerprint density at radius 1 is 1.00 bits per heavy atom. The van der Waals surface area contributed by atoms with E-state index in [0.29, 0.717) is 28.6 Å². The molecule has 0 radical (unpaired) electrons. The minimum Gasteiger partial charge on any atom is -0.493 e. The highest BCUT2D eigenvalue weighted by Gasteiger charge is 2.24. The first-order chi connectivity index (χ1) is 13.1. The van der Waals surface area contributed by atoms with Crippen molar-refractivity contribution >= 4 is 17.9 Å². The zero-order chi connectivity index (χ0) is 19.2. The van der Waals surface area contributed by atoms with Gasteiger partial charge in [0.25, 0.3) is 0 Å². The standard InChI is InChI=1S/C20H19NO6/c1-23-16-10-13(11-17(24-2)19(16)25-3)9-15-20(22)27-18(21-15)12-26-14-7-5-4-6-8-14/h4-11H,12H2,1-3H3/b15-9+. The van der Waals surface area contributed by atoms with Gasteiger partial charge in [-0.25, -0.2) is 9.79 Å². The van der Waals surface area contributed by atoms with Crippen LogP contribution in [0.1, 0.15) is 5.56 Å². The fourth-order valence-corrected chi connectivity index (χ4v) is 2.52. The van der Waals surface area contributed by atoms with Crippen molar-refractivity contribution in [2.45, 2.75) is 0 Å². The predicted octanol–water partition coefficient (Wildman–Crippen LogP) is 3.09. The van der Waals surface area contributed by atoms with Gasteiger partial charge in [0.1, 0.15) is 5.75 Å². The first kappa shape index (κ1) is 18.3. The Labute approximate surface area is 156 Å². The number of hydrogen-bond acceptors (Lipinski definition) is 7. The third-order valence-electron chi connectivity index (χ3n) is 3.76. The first-order valence-electron chi connectivity index (χ1n) is 8.14. The van der Waals surface area contributed by atoms with Crippen molar-refractivity contribution in [3.8, 4) is 23.0 Å². The van der Waals surface area contributed by atoms with E-state index in [-0.39, 0.29) is 18.2 Å². The Bertz CT molecular complexity index is 864. The van der Waals surface area contributed by atoms with E-state index in [1.807, 2.05) is 30.3 Å². The number of para-hydroxylation sites is 1. The summed E-state index contributed by atoms with van der Waals surface area (Å²) in [5, 5.41) is 0. The van der Waals surface area contributed by atoms with Gasteiger partial charge < -0.3 is 23.7 Å². The Balaban J connectivity index is 1.81. The molecule has 7 heteroatoms. The second kappa shape index (κ2) is 8.27. The SMILES string of the molecule is COc1cc(/C=C2/N=C(COc3ccccc3)OC2=O)cc(OC)c1OC. The second-order valence-electron chi connectivity index (χ2n) is 5.49. The molecule has 2 aromatic carbocycles. The first-order valence-corrected chi connectivity index (χ1v) is 8.14. The lowest BCUT2D eigenvalue weighted by molar-refractivity contribution is -0.130. The number of methoxy groups -OCH3 is 3. The monoisotopic (exact) mass is 369 g/mol. The van der Waals surface area contributed by atoms with Crippen molar-refractivity contribution in [3.05, 3.63) is 53.7 Å². The molecule has 1 heterocycles. The molecule has 0 aromatic heterocycles. The number of nitrogens with zero attached hydrogens (tertiary/aromatic N) is 1. The summed E-state index contributed by atoms with van der Waals surface area (Å²) in [7, 11) is 4.57. The molecule has 7 nitrogen and oxygen atoms in total. The molecule has 0 saturated heterocycles. The molecule has 0 bridgehead atoms. The summed E-state index contributed by atoms with van der Waals surface area (Å²) in [6.07, 6.45) is 1.59. The Hall–Kier alpha value is -3.48. The van der Waals surface area contributed by atoms with Crippen LogP contribution in [0.5, 0.6) is 23.0 Å². The molecule has 2 aromatic rings. The minimum atomic E-state index is -0.546. The summed E-state index contributed by atoms with van der Waals surface area (Å²) in [4.78, 5) is 16.3.